The van der Waals surface area contributed by atoms with Gasteiger partial charge in [0.2, 0.25) is 0 Å². The minimum Gasteiger partial charge on any atom is -0.494 e. The SMILES string of the molecule is CCOc1ccc(Cl)cc1CNC(CC)CO. The summed E-state index contributed by atoms with van der Waals surface area (Å²) in [5.74, 6) is 0.845. The first-order valence-electron chi connectivity index (χ1n) is 5.96. The van der Waals surface area contributed by atoms with Gasteiger partial charge in [-0.3, -0.25) is 0 Å². The predicted octanol–water partition coefficient (Wildman–Crippen LogP) is 2.60. The van der Waals surface area contributed by atoms with Crippen LogP contribution in [0.5, 0.6) is 5.75 Å². The molecule has 0 saturated carbocycles. The average molecular weight is 258 g/mol. The Bertz CT molecular complexity index is 340. The highest BCUT2D eigenvalue weighted by Gasteiger charge is 2.08. The van der Waals surface area contributed by atoms with Gasteiger partial charge in [0.25, 0.3) is 0 Å². The highest BCUT2D eigenvalue weighted by Crippen LogP contribution is 2.23. The van der Waals surface area contributed by atoms with Gasteiger partial charge < -0.3 is 15.2 Å². The van der Waals surface area contributed by atoms with E-state index in [4.69, 9.17) is 21.4 Å². The van der Waals surface area contributed by atoms with E-state index in [2.05, 4.69) is 5.32 Å². The van der Waals surface area contributed by atoms with Gasteiger partial charge in [-0.25, -0.2) is 0 Å². The quantitative estimate of drug-likeness (QED) is 0.789. The van der Waals surface area contributed by atoms with Gasteiger partial charge in [-0.1, -0.05) is 18.5 Å². The van der Waals surface area contributed by atoms with Crippen molar-refractivity contribution in [2.75, 3.05) is 13.2 Å². The molecule has 1 aromatic rings. The minimum atomic E-state index is 0.114. The predicted molar refractivity (Wildman–Crippen MR) is 70.6 cm³/mol. The maximum absolute atomic E-state index is 9.11. The lowest BCUT2D eigenvalue weighted by atomic mass is 10.1. The van der Waals surface area contributed by atoms with Crippen LogP contribution < -0.4 is 10.1 Å². The molecule has 96 valence electrons. The first-order valence-corrected chi connectivity index (χ1v) is 6.34. The third-order valence-corrected chi connectivity index (χ3v) is 2.85. The van der Waals surface area contributed by atoms with Crippen LogP contribution in [0.15, 0.2) is 18.2 Å². The number of hydrogen-bond donors (Lipinski definition) is 2. The highest BCUT2D eigenvalue weighted by molar-refractivity contribution is 6.30. The molecule has 0 radical (unpaired) electrons. The Morgan fingerprint density at radius 2 is 2.18 bits per heavy atom. The largest absolute Gasteiger partial charge is 0.494 e. The second-order valence-electron chi connectivity index (χ2n) is 3.85. The van der Waals surface area contributed by atoms with Crippen LogP contribution in [0.25, 0.3) is 0 Å². The number of halogens is 1. The van der Waals surface area contributed by atoms with Gasteiger partial charge in [-0.15, -0.1) is 0 Å². The highest BCUT2D eigenvalue weighted by atomic mass is 35.5. The van der Waals surface area contributed by atoms with Gasteiger partial charge in [0, 0.05) is 23.2 Å². The summed E-state index contributed by atoms with van der Waals surface area (Å²) in [7, 11) is 0. The Balaban J connectivity index is 2.70. The van der Waals surface area contributed by atoms with Gasteiger partial charge >= 0.3 is 0 Å². The number of hydrogen-bond acceptors (Lipinski definition) is 3. The fourth-order valence-corrected chi connectivity index (χ4v) is 1.77. The molecule has 0 aromatic heterocycles. The van der Waals surface area contributed by atoms with Gasteiger partial charge in [0.05, 0.1) is 13.2 Å². The van der Waals surface area contributed by atoms with Gasteiger partial charge in [-0.2, -0.15) is 0 Å². The molecule has 0 aliphatic heterocycles. The number of aliphatic hydroxyl groups excluding tert-OH is 1. The zero-order valence-corrected chi connectivity index (χ0v) is 11.1. The molecule has 0 bridgehead atoms. The molecule has 0 aliphatic carbocycles. The first-order chi connectivity index (χ1) is 8.21. The van der Waals surface area contributed by atoms with Crippen LogP contribution >= 0.6 is 11.6 Å². The molecule has 2 N–H and O–H groups in total. The third-order valence-electron chi connectivity index (χ3n) is 2.62. The molecule has 0 fully saturated rings. The van der Waals surface area contributed by atoms with Crippen LogP contribution in [0.3, 0.4) is 0 Å². The van der Waals surface area contributed by atoms with Crippen molar-refractivity contribution in [1.82, 2.24) is 5.32 Å². The Morgan fingerprint density at radius 1 is 1.41 bits per heavy atom. The van der Waals surface area contributed by atoms with E-state index in [1.165, 1.54) is 0 Å². The van der Waals surface area contributed by atoms with Crippen LogP contribution in [0.2, 0.25) is 5.02 Å². The Kier molecular flexibility index (Phi) is 6.34. The summed E-state index contributed by atoms with van der Waals surface area (Å²) in [4.78, 5) is 0. The van der Waals surface area contributed by atoms with Crippen LogP contribution in [-0.4, -0.2) is 24.4 Å². The molecular weight excluding hydrogens is 238 g/mol. The Hall–Kier alpha value is -0.770. The van der Waals surface area contributed by atoms with E-state index >= 15 is 0 Å². The van der Waals surface area contributed by atoms with Crippen LogP contribution in [0, 0.1) is 0 Å². The Morgan fingerprint density at radius 3 is 2.76 bits per heavy atom. The topological polar surface area (TPSA) is 41.5 Å². The second-order valence-corrected chi connectivity index (χ2v) is 4.29. The number of rotatable bonds is 7. The van der Waals surface area contributed by atoms with Crippen molar-refractivity contribution in [1.29, 1.82) is 0 Å². The Labute approximate surface area is 108 Å². The van der Waals surface area contributed by atoms with Crippen LogP contribution in [0.4, 0.5) is 0 Å². The summed E-state index contributed by atoms with van der Waals surface area (Å²) in [5.41, 5.74) is 1.02. The lowest BCUT2D eigenvalue weighted by molar-refractivity contribution is 0.237. The van der Waals surface area contributed by atoms with Crippen LogP contribution in [-0.2, 0) is 6.54 Å². The fourth-order valence-electron chi connectivity index (χ4n) is 1.57. The summed E-state index contributed by atoms with van der Waals surface area (Å²) in [6.45, 7) is 5.41. The second kappa shape index (κ2) is 7.54. The monoisotopic (exact) mass is 257 g/mol. The van der Waals surface area contributed by atoms with Crippen LogP contribution in [0.1, 0.15) is 25.8 Å². The molecule has 0 saturated heterocycles. The van der Waals surface area contributed by atoms with E-state index in [-0.39, 0.29) is 12.6 Å². The van der Waals surface area contributed by atoms with Crippen molar-refractivity contribution < 1.29 is 9.84 Å². The molecule has 1 rings (SSSR count). The van der Waals surface area contributed by atoms with Gasteiger partial charge in [0.1, 0.15) is 5.75 Å². The number of nitrogens with one attached hydrogen (secondary N) is 1. The molecule has 17 heavy (non-hydrogen) atoms. The van der Waals surface area contributed by atoms with E-state index in [1.54, 1.807) is 0 Å². The van der Waals surface area contributed by atoms with Crippen molar-refractivity contribution in [2.24, 2.45) is 0 Å². The van der Waals surface area contributed by atoms with Crippen molar-refractivity contribution in [3.63, 3.8) is 0 Å². The van der Waals surface area contributed by atoms with E-state index in [1.807, 2.05) is 32.0 Å². The average Bonchev–Trinajstić information content (AvgIpc) is 2.34. The first kappa shape index (κ1) is 14.3. The van der Waals surface area contributed by atoms with Crippen molar-refractivity contribution in [3.05, 3.63) is 28.8 Å². The summed E-state index contributed by atoms with van der Waals surface area (Å²) < 4.78 is 5.53. The smallest absolute Gasteiger partial charge is 0.123 e. The van der Waals surface area contributed by atoms with E-state index in [9.17, 15) is 0 Å². The van der Waals surface area contributed by atoms with Gasteiger partial charge in [0.15, 0.2) is 0 Å². The molecule has 1 aromatic carbocycles. The molecule has 3 nitrogen and oxygen atoms in total. The number of aliphatic hydroxyl groups is 1. The molecule has 4 heteroatoms. The maximum atomic E-state index is 9.11. The maximum Gasteiger partial charge on any atom is 0.123 e. The summed E-state index contributed by atoms with van der Waals surface area (Å²) >= 11 is 5.97. The van der Waals surface area contributed by atoms with Gasteiger partial charge in [-0.05, 0) is 31.5 Å². The van der Waals surface area contributed by atoms with E-state index < -0.39 is 0 Å². The molecular formula is C13H20ClNO2. The molecule has 0 heterocycles. The zero-order chi connectivity index (χ0) is 12.7. The number of ether oxygens (including phenoxy) is 1. The lowest BCUT2D eigenvalue weighted by Crippen LogP contribution is -2.31. The normalized spacial score (nSPS) is 12.5. The summed E-state index contributed by atoms with van der Waals surface area (Å²) in [6.07, 6.45) is 0.890. The molecule has 0 aliphatic rings. The number of benzene rings is 1. The molecule has 1 atom stereocenters. The fraction of sp³-hybridized carbons (Fsp3) is 0.538. The van der Waals surface area contributed by atoms with Crippen molar-refractivity contribution in [3.8, 4) is 5.75 Å². The molecule has 0 spiro atoms. The minimum absolute atomic E-state index is 0.114. The van der Waals surface area contributed by atoms with E-state index in [0.717, 1.165) is 17.7 Å². The molecule has 1 unspecified atom stereocenters. The van der Waals surface area contributed by atoms with Crippen molar-refractivity contribution in [2.45, 2.75) is 32.9 Å². The third kappa shape index (κ3) is 4.54. The summed E-state index contributed by atoms with van der Waals surface area (Å²) in [5, 5.41) is 13.1. The lowest BCUT2D eigenvalue weighted by Gasteiger charge is -2.16. The van der Waals surface area contributed by atoms with E-state index in [0.29, 0.717) is 18.2 Å². The standard InChI is InChI=1S/C13H20ClNO2/c1-3-12(9-16)15-8-10-7-11(14)5-6-13(10)17-4-2/h5-7,12,15-16H,3-4,8-9H2,1-2H3. The zero-order valence-electron chi connectivity index (χ0n) is 10.4. The van der Waals surface area contributed by atoms with Crippen molar-refractivity contribution >= 4 is 11.6 Å². The summed E-state index contributed by atoms with van der Waals surface area (Å²) in [6, 6.07) is 5.70. The molecule has 0 amide bonds.